The molecule has 0 radical (unpaired) electrons. The summed E-state index contributed by atoms with van der Waals surface area (Å²) in [5.74, 6) is 0.169. The first-order valence-corrected chi connectivity index (χ1v) is 9.96. The highest BCUT2D eigenvalue weighted by atomic mass is 16.1. The first-order chi connectivity index (χ1) is 13.3. The van der Waals surface area contributed by atoms with E-state index in [-0.39, 0.29) is 5.78 Å². The second-order valence-electron chi connectivity index (χ2n) is 7.62. The first kappa shape index (κ1) is 16.3. The summed E-state index contributed by atoms with van der Waals surface area (Å²) in [5.41, 5.74) is 6.09. The Labute approximate surface area is 159 Å². The number of benzene rings is 1. The normalized spacial score (nSPS) is 14.6. The van der Waals surface area contributed by atoms with Gasteiger partial charge in [0.1, 0.15) is 0 Å². The fourth-order valence-electron chi connectivity index (χ4n) is 4.41. The smallest absolute Gasteiger partial charge is 0.195 e. The van der Waals surface area contributed by atoms with Crippen LogP contribution in [0.2, 0.25) is 0 Å². The Balaban J connectivity index is 1.59. The number of hydrogen-bond donors (Lipinski definition) is 0. The predicted molar refractivity (Wildman–Crippen MR) is 111 cm³/mol. The van der Waals surface area contributed by atoms with Gasteiger partial charge in [-0.25, -0.2) is 0 Å². The fraction of sp³-hybridized carbons (Fsp3) is 0.240. The Kier molecular flexibility index (Phi) is 3.86. The van der Waals surface area contributed by atoms with Crippen LogP contribution in [-0.2, 0) is 6.54 Å². The molecule has 134 valence electrons. The number of allylic oxidation sites excluding steroid dienone is 1. The lowest BCUT2D eigenvalue weighted by Gasteiger charge is -2.14. The van der Waals surface area contributed by atoms with Gasteiger partial charge in [-0.1, -0.05) is 50.5 Å². The molecular weight excluding hydrogens is 330 g/mol. The molecule has 1 aromatic rings. The third-order valence-electron chi connectivity index (χ3n) is 5.79. The van der Waals surface area contributed by atoms with Gasteiger partial charge in [0, 0.05) is 35.6 Å². The number of aromatic nitrogens is 1. The summed E-state index contributed by atoms with van der Waals surface area (Å²) in [6.07, 6.45) is 13.6. The number of fused-ring (bicyclic) bond motifs is 5. The molecule has 0 saturated carbocycles. The van der Waals surface area contributed by atoms with Crippen LogP contribution >= 0.6 is 0 Å². The Hall–Kier alpha value is -2.87. The van der Waals surface area contributed by atoms with Crippen molar-refractivity contribution in [3.63, 3.8) is 0 Å². The molecular formula is C25H23NO. The van der Waals surface area contributed by atoms with Gasteiger partial charge >= 0.3 is 0 Å². The van der Waals surface area contributed by atoms with E-state index in [0.717, 1.165) is 50.4 Å². The van der Waals surface area contributed by atoms with E-state index >= 15 is 0 Å². The largest absolute Gasteiger partial charge is 0.354 e. The lowest BCUT2D eigenvalue weighted by Crippen LogP contribution is -2.25. The lowest BCUT2D eigenvalue weighted by molar-refractivity contribution is 0.105. The Bertz CT molecular complexity index is 1180. The van der Waals surface area contributed by atoms with Crippen molar-refractivity contribution in [3.8, 4) is 11.1 Å². The van der Waals surface area contributed by atoms with Crippen molar-refractivity contribution in [1.29, 1.82) is 0 Å². The van der Waals surface area contributed by atoms with Crippen molar-refractivity contribution in [2.45, 2.75) is 39.2 Å². The molecule has 1 heterocycles. The van der Waals surface area contributed by atoms with Gasteiger partial charge in [0.05, 0.1) is 0 Å². The van der Waals surface area contributed by atoms with Gasteiger partial charge in [-0.2, -0.15) is 0 Å². The van der Waals surface area contributed by atoms with Gasteiger partial charge in [-0.15, -0.1) is 0 Å². The number of rotatable bonds is 5. The van der Waals surface area contributed by atoms with Gasteiger partial charge in [0.25, 0.3) is 0 Å². The van der Waals surface area contributed by atoms with Gasteiger partial charge in [-0.3, -0.25) is 4.79 Å². The molecule has 27 heavy (non-hydrogen) atoms. The third-order valence-corrected chi connectivity index (χ3v) is 5.79. The molecule has 2 nitrogen and oxygen atoms in total. The molecule has 0 amide bonds. The molecule has 0 atom stereocenters. The van der Waals surface area contributed by atoms with Crippen LogP contribution in [0.15, 0.2) is 54.4 Å². The lowest BCUT2D eigenvalue weighted by atomic mass is 9.89. The highest BCUT2D eigenvalue weighted by molar-refractivity contribution is 6.37. The first-order valence-electron chi connectivity index (χ1n) is 9.96. The summed E-state index contributed by atoms with van der Waals surface area (Å²) in [6.45, 7) is 3.25. The standard InChI is InChI=1S/C25H23NO/c1-2-3-4-7-11-26-12-10-18-14-20-15-19-13-17-8-5-6-9-21(17)23(19)25(27)24(20)22(18)16-26/h5-6,8-10,12-16H,2-4,7,11H2,1H3. The summed E-state index contributed by atoms with van der Waals surface area (Å²) in [5, 5.41) is 2.21. The van der Waals surface area contributed by atoms with E-state index < -0.39 is 0 Å². The maximum absolute atomic E-state index is 13.4. The average molecular weight is 353 g/mol. The van der Waals surface area contributed by atoms with Crippen molar-refractivity contribution in [1.82, 2.24) is 4.57 Å². The Morgan fingerprint density at radius 3 is 2.78 bits per heavy atom. The SMILES string of the molecule is CCCCCCn1ccc2cc3c(c-2c1)C(=O)C1=c2ccccc2=CC1=C3. The number of pyridine rings is 1. The quantitative estimate of drug-likeness (QED) is 0.623. The molecule has 3 aliphatic carbocycles. The minimum Gasteiger partial charge on any atom is -0.354 e. The average Bonchev–Trinajstić information content (AvgIpc) is 3.23. The fourth-order valence-corrected chi connectivity index (χ4v) is 4.41. The summed E-state index contributed by atoms with van der Waals surface area (Å²) in [4.78, 5) is 13.4. The molecule has 0 bridgehead atoms. The number of nitrogens with zero attached hydrogens (tertiary/aromatic N) is 1. The van der Waals surface area contributed by atoms with Gasteiger partial charge in [0.2, 0.25) is 0 Å². The molecule has 0 unspecified atom stereocenters. The highest BCUT2D eigenvalue weighted by Gasteiger charge is 2.30. The molecule has 0 fully saturated rings. The minimum atomic E-state index is 0.169. The summed E-state index contributed by atoms with van der Waals surface area (Å²) in [6, 6.07) is 12.5. The number of ketones is 1. The molecule has 0 N–H and O–H groups in total. The number of unbranched alkanes of at least 4 members (excludes halogenated alkanes) is 3. The van der Waals surface area contributed by atoms with E-state index in [4.69, 9.17) is 0 Å². The number of Topliss-reactive ketones (excluding diaryl/α,β-unsaturated/α-hetero) is 1. The van der Waals surface area contributed by atoms with E-state index in [1.807, 2.05) is 12.1 Å². The Morgan fingerprint density at radius 2 is 1.89 bits per heavy atom. The zero-order valence-corrected chi connectivity index (χ0v) is 15.7. The van der Waals surface area contributed by atoms with Crippen molar-refractivity contribution in [3.05, 3.63) is 75.9 Å². The molecule has 0 saturated heterocycles. The van der Waals surface area contributed by atoms with Crippen LogP contribution in [0.1, 0.15) is 48.5 Å². The van der Waals surface area contributed by atoms with Crippen molar-refractivity contribution >= 4 is 23.5 Å². The summed E-state index contributed by atoms with van der Waals surface area (Å²) < 4.78 is 2.24. The molecule has 1 aliphatic heterocycles. The van der Waals surface area contributed by atoms with Gasteiger partial charge in [0.15, 0.2) is 5.78 Å². The van der Waals surface area contributed by atoms with Crippen LogP contribution in [0.4, 0.5) is 0 Å². The zero-order valence-electron chi connectivity index (χ0n) is 15.7. The number of hydrogen-bond acceptors (Lipinski definition) is 1. The zero-order chi connectivity index (χ0) is 18.4. The van der Waals surface area contributed by atoms with E-state index in [9.17, 15) is 4.79 Å². The topological polar surface area (TPSA) is 22.0 Å². The second-order valence-corrected chi connectivity index (χ2v) is 7.62. The predicted octanol–water partition coefficient (Wildman–Crippen LogP) is 4.40. The molecule has 1 aromatic carbocycles. The van der Waals surface area contributed by atoms with E-state index in [1.165, 1.54) is 25.7 Å². The number of carbonyl (C=O) groups excluding carboxylic acids is 1. The summed E-state index contributed by atoms with van der Waals surface area (Å²) in [7, 11) is 0. The van der Waals surface area contributed by atoms with Gasteiger partial charge < -0.3 is 4.57 Å². The second kappa shape index (κ2) is 6.38. The van der Waals surface area contributed by atoms with Crippen LogP contribution < -0.4 is 10.4 Å². The van der Waals surface area contributed by atoms with Crippen molar-refractivity contribution < 1.29 is 4.79 Å². The number of aryl methyl sites for hydroxylation is 1. The van der Waals surface area contributed by atoms with E-state index in [1.54, 1.807) is 0 Å². The molecule has 5 rings (SSSR count). The Morgan fingerprint density at radius 1 is 1.00 bits per heavy atom. The maximum atomic E-state index is 13.4. The van der Waals surface area contributed by atoms with E-state index in [2.05, 4.69) is 60.3 Å². The minimum absolute atomic E-state index is 0.169. The van der Waals surface area contributed by atoms with Crippen molar-refractivity contribution in [2.75, 3.05) is 0 Å². The van der Waals surface area contributed by atoms with Crippen LogP contribution in [0.5, 0.6) is 0 Å². The van der Waals surface area contributed by atoms with Crippen LogP contribution in [0, 0.1) is 0 Å². The monoisotopic (exact) mass is 353 g/mol. The van der Waals surface area contributed by atoms with Crippen LogP contribution in [0.3, 0.4) is 0 Å². The van der Waals surface area contributed by atoms with Crippen LogP contribution in [-0.4, -0.2) is 10.4 Å². The van der Waals surface area contributed by atoms with E-state index in [0.29, 0.717) is 0 Å². The van der Waals surface area contributed by atoms with Crippen LogP contribution in [0.25, 0.3) is 28.9 Å². The molecule has 0 aromatic heterocycles. The molecule has 0 spiro atoms. The highest BCUT2D eigenvalue weighted by Crippen LogP contribution is 2.40. The maximum Gasteiger partial charge on any atom is 0.195 e. The van der Waals surface area contributed by atoms with Gasteiger partial charge in [-0.05, 0) is 57.8 Å². The van der Waals surface area contributed by atoms with Crippen molar-refractivity contribution in [2.24, 2.45) is 0 Å². The molecule has 4 aliphatic rings. The summed E-state index contributed by atoms with van der Waals surface area (Å²) >= 11 is 0. The number of carbonyl (C=O) groups is 1. The third kappa shape index (κ3) is 2.59. The molecule has 2 heteroatoms.